The Kier molecular flexibility index (Phi) is 4.53. The lowest BCUT2D eigenvalue weighted by Gasteiger charge is -2.33. The number of carbonyl (C=O) groups is 1. The second kappa shape index (κ2) is 6.46. The van der Waals surface area contributed by atoms with Crippen molar-refractivity contribution >= 4 is 21.8 Å². The largest absolute Gasteiger partial charge is 0.355 e. The number of amidine groups is 1. The molecule has 1 saturated heterocycles. The molecule has 1 aromatic rings. The highest BCUT2D eigenvalue weighted by molar-refractivity contribution is 7.90. The van der Waals surface area contributed by atoms with Gasteiger partial charge >= 0.3 is 0 Å². The van der Waals surface area contributed by atoms with E-state index in [0.29, 0.717) is 30.8 Å². The molecule has 3 rings (SSSR count). The number of amides is 1. The van der Waals surface area contributed by atoms with Gasteiger partial charge in [-0.05, 0) is 25.0 Å². The average molecular weight is 357 g/mol. The highest BCUT2D eigenvalue weighted by atomic mass is 32.2. The molecule has 2 aliphatic heterocycles. The van der Waals surface area contributed by atoms with Gasteiger partial charge in [-0.2, -0.15) is 8.42 Å². The molecule has 1 unspecified atom stereocenters. The first-order chi connectivity index (χ1) is 11.4. The molecular weight excluding hydrogens is 340 g/mol. The number of nitrogens with zero attached hydrogens (tertiary/aromatic N) is 2. The van der Waals surface area contributed by atoms with Crippen LogP contribution in [0.5, 0.6) is 0 Å². The van der Waals surface area contributed by atoms with E-state index in [4.69, 9.17) is 0 Å². The zero-order valence-electron chi connectivity index (χ0n) is 12.8. The topological polar surface area (TPSA) is 78.8 Å². The van der Waals surface area contributed by atoms with Gasteiger partial charge in [0.1, 0.15) is 4.90 Å². The minimum Gasteiger partial charge on any atom is -0.355 e. The number of benzene rings is 1. The number of nitrogens with one attached hydrogen (secondary N) is 1. The lowest BCUT2D eigenvalue weighted by Crippen LogP contribution is -2.46. The molecule has 1 amide bonds. The first-order valence-electron chi connectivity index (χ1n) is 7.63. The molecule has 6 nitrogen and oxygen atoms in total. The second-order valence-electron chi connectivity index (χ2n) is 5.81. The third-order valence-corrected chi connectivity index (χ3v) is 5.46. The molecule has 9 heteroatoms. The van der Waals surface area contributed by atoms with Crippen LogP contribution in [0.2, 0.25) is 0 Å². The Morgan fingerprint density at radius 3 is 2.88 bits per heavy atom. The summed E-state index contributed by atoms with van der Waals surface area (Å²) in [5.41, 5.74) is 0.520. The smallest absolute Gasteiger partial charge is 0.285 e. The number of hydrogen-bond donors (Lipinski definition) is 1. The number of carbonyl (C=O) groups excluding carboxylic acids is 1. The lowest BCUT2D eigenvalue weighted by molar-refractivity contribution is -0.126. The maximum atomic E-state index is 12.2. The Morgan fingerprint density at radius 1 is 1.38 bits per heavy atom. The van der Waals surface area contributed by atoms with Crippen LogP contribution in [0.4, 0.5) is 8.78 Å². The molecule has 1 aromatic carbocycles. The van der Waals surface area contributed by atoms with E-state index in [9.17, 15) is 22.0 Å². The van der Waals surface area contributed by atoms with Crippen molar-refractivity contribution in [3.8, 4) is 0 Å². The summed E-state index contributed by atoms with van der Waals surface area (Å²) < 4.78 is 52.5. The van der Waals surface area contributed by atoms with Gasteiger partial charge in [0.15, 0.2) is 5.84 Å². The van der Waals surface area contributed by atoms with Crippen molar-refractivity contribution < 1.29 is 22.0 Å². The molecule has 0 radical (unpaired) electrons. The molecule has 1 fully saturated rings. The third-order valence-electron chi connectivity index (χ3n) is 4.13. The van der Waals surface area contributed by atoms with Gasteiger partial charge in [0.25, 0.3) is 16.4 Å². The third kappa shape index (κ3) is 3.26. The van der Waals surface area contributed by atoms with E-state index < -0.39 is 34.8 Å². The van der Waals surface area contributed by atoms with Gasteiger partial charge in [-0.15, -0.1) is 4.40 Å². The van der Waals surface area contributed by atoms with Crippen LogP contribution in [0, 0.1) is 5.92 Å². The van der Waals surface area contributed by atoms with Gasteiger partial charge in [-0.1, -0.05) is 12.1 Å². The van der Waals surface area contributed by atoms with Gasteiger partial charge in [0.2, 0.25) is 5.91 Å². The first-order valence-corrected chi connectivity index (χ1v) is 9.07. The average Bonchev–Trinajstić information content (AvgIpc) is 2.85. The number of hydrogen-bond acceptors (Lipinski definition) is 4. The van der Waals surface area contributed by atoms with E-state index in [-0.39, 0.29) is 11.4 Å². The maximum Gasteiger partial charge on any atom is 0.285 e. The van der Waals surface area contributed by atoms with Crippen LogP contribution in [-0.2, 0) is 14.8 Å². The number of rotatable bonds is 3. The Morgan fingerprint density at radius 2 is 2.12 bits per heavy atom. The van der Waals surface area contributed by atoms with Crippen LogP contribution in [-0.4, -0.2) is 51.1 Å². The van der Waals surface area contributed by atoms with Crippen molar-refractivity contribution in [2.45, 2.75) is 24.2 Å². The van der Waals surface area contributed by atoms with Crippen molar-refractivity contribution in [3.63, 3.8) is 0 Å². The fraction of sp³-hybridized carbons (Fsp3) is 0.467. The summed E-state index contributed by atoms with van der Waals surface area (Å²) in [7, 11) is -3.72. The fourth-order valence-corrected chi connectivity index (χ4v) is 4.25. The van der Waals surface area contributed by atoms with Crippen molar-refractivity contribution in [1.82, 2.24) is 10.2 Å². The number of sulfonamides is 1. The van der Waals surface area contributed by atoms with E-state index in [1.54, 1.807) is 23.1 Å². The molecular formula is C15H17F2N3O3S. The molecule has 24 heavy (non-hydrogen) atoms. The highest BCUT2D eigenvalue weighted by Gasteiger charge is 2.35. The Hall–Kier alpha value is -2.03. The number of alkyl halides is 2. The van der Waals surface area contributed by atoms with Crippen LogP contribution >= 0.6 is 0 Å². The van der Waals surface area contributed by atoms with Gasteiger partial charge in [0, 0.05) is 18.7 Å². The zero-order chi connectivity index (χ0) is 17.3. The molecule has 130 valence electrons. The number of piperidine rings is 1. The summed E-state index contributed by atoms with van der Waals surface area (Å²) in [5.74, 6) is -0.567. The molecule has 2 aliphatic rings. The summed E-state index contributed by atoms with van der Waals surface area (Å²) in [4.78, 5) is 13.9. The van der Waals surface area contributed by atoms with Crippen LogP contribution in [0.3, 0.4) is 0 Å². The normalized spacial score (nSPS) is 22.2. The second-order valence-corrected chi connectivity index (χ2v) is 7.38. The Labute approximate surface area is 138 Å². The summed E-state index contributed by atoms with van der Waals surface area (Å²) in [5, 5.41) is 2.22. The zero-order valence-corrected chi connectivity index (χ0v) is 13.6. The van der Waals surface area contributed by atoms with Crippen molar-refractivity contribution in [1.29, 1.82) is 0 Å². The Bertz CT molecular complexity index is 780. The summed E-state index contributed by atoms with van der Waals surface area (Å²) in [6.07, 6.45) is -1.36. The predicted octanol–water partition coefficient (Wildman–Crippen LogP) is 1.23. The molecule has 0 bridgehead atoms. The number of halogens is 2. The van der Waals surface area contributed by atoms with Crippen LogP contribution in [0.1, 0.15) is 18.4 Å². The quantitative estimate of drug-likeness (QED) is 0.883. The van der Waals surface area contributed by atoms with Crippen LogP contribution in [0.25, 0.3) is 0 Å². The SMILES string of the molecule is O=C(NCC(F)F)C1CCCN(C2=NS(=O)(=O)c3ccccc32)C1. The molecule has 0 aromatic heterocycles. The van der Waals surface area contributed by atoms with Gasteiger partial charge < -0.3 is 10.2 Å². The monoisotopic (exact) mass is 357 g/mol. The van der Waals surface area contributed by atoms with Gasteiger partial charge in [-0.25, -0.2) is 8.78 Å². The highest BCUT2D eigenvalue weighted by Crippen LogP contribution is 2.29. The summed E-state index contributed by atoms with van der Waals surface area (Å²) in [6, 6.07) is 6.54. The minimum atomic E-state index is -3.72. The van der Waals surface area contributed by atoms with Crippen molar-refractivity contribution in [2.24, 2.45) is 10.3 Å². The van der Waals surface area contributed by atoms with E-state index in [1.807, 2.05) is 0 Å². The molecule has 2 heterocycles. The first kappa shape index (κ1) is 16.8. The molecule has 0 spiro atoms. The molecule has 1 atom stereocenters. The van der Waals surface area contributed by atoms with E-state index in [1.165, 1.54) is 6.07 Å². The minimum absolute atomic E-state index is 0.157. The summed E-state index contributed by atoms with van der Waals surface area (Å²) in [6.45, 7) is 0.159. The fourth-order valence-electron chi connectivity index (χ4n) is 3.02. The van der Waals surface area contributed by atoms with Crippen LogP contribution in [0.15, 0.2) is 33.6 Å². The van der Waals surface area contributed by atoms with E-state index in [0.717, 1.165) is 0 Å². The van der Waals surface area contributed by atoms with E-state index >= 15 is 0 Å². The molecule has 1 N–H and O–H groups in total. The summed E-state index contributed by atoms with van der Waals surface area (Å²) >= 11 is 0. The molecule has 0 aliphatic carbocycles. The van der Waals surface area contributed by atoms with Crippen molar-refractivity contribution in [2.75, 3.05) is 19.6 Å². The standard InChI is InChI=1S/C15H17F2N3O3S/c16-13(17)8-18-15(21)10-4-3-7-20(9-10)14-11-5-1-2-6-12(11)24(22,23)19-14/h1-2,5-6,10,13H,3-4,7-9H2,(H,18,21). The molecule has 0 saturated carbocycles. The van der Waals surface area contributed by atoms with Crippen LogP contribution < -0.4 is 5.32 Å². The number of fused-ring (bicyclic) bond motifs is 1. The Balaban J connectivity index is 1.78. The van der Waals surface area contributed by atoms with Crippen molar-refractivity contribution in [3.05, 3.63) is 29.8 Å². The van der Waals surface area contributed by atoms with Gasteiger partial charge in [-0.3, -0.25) is 4.79 Å². The number of likely N-dealkylation sites (tertiary alicyclic amines) is 1. The van der Waals surface area contributed by atoms with Gasteiger partial charge in [0.05, 0.1) is 12.5 Å². The van der Waals surface area contributed by atoms with E-state index in [2.05, 4.69) is 9.71 Å². The lowest BCUT2D eigenvalue weighted by atomic mass is 9.96. The predicted molar refractivity (Wildman–Crippen MR) is 83.5 cm³/mol. The maximum absolute atomic E-state index is 12.2.